The third-order valence-electron chi connectivity index (χ3n) is 5.16. The van der Waals surface area contributed by atoms with Crippen molar-refractivity contribution in [2.24, 2.45) is 0 Å². The van der Waals surface area contributed by atoms with Crippen LogP contribution in [0.3, 0.4) is 0 Å². The molecule has 2 amide bonds. The minimum atomic E-state index is -0.620. The van der Waals surface area contributed by atoms with Crippen LogP contribution >= 0.6 is 0 Å². The topological polar surface area (TPSA) is 76.1 Å². The van der Waals surface area contributed by atoms with Crippen molar-refractivity contribution in [3.63, 3.8) is 0 Å². The number of nitrogens with zero attached hydrogens (tertiary/aromatic N) is 2. The first kappa shape index (κ1) is 21.9. The average molecular weight is 415 g/mol. The molecule has 162 valence electrons. The van der Waals surface area contributed by atoms with E-state index in [0.29, 0.717) is 12.8 Å². The lowest BCUT2D eigenvalue weighted by Gasteiger charge is -2.32. The number of hydrogen-bond acceptors (Lipinski definition) is 5. The number of rotatable bonds is 3. The van der Waals surface area contributed by atoms with Crippen molar-refractivity contribution in [1.29, 1.82) is 0 Å². The maximum atomic E-state index is 13.1. The summed E-state index contributed by atoms with van der Waals surface area (Å²) >= 11 is 0. The molecule has 7 heteroatoms. The summed E-state index contributed by atoms with van der Waals surface area (Å²) in [6, 6.07) is 8.71. The van der Waals surface area contributed by atoms with Crippen LogP contribution in [0.2, 0.25) is 0 Å². The molecular formula is C23H30N2O5. The highest BCUT2D eigenvalue weighted by molar-refractivity contribution is 5.88. The Morgan fingerprint density at radius 1 is 1.10 bits per heavy atom. The minimum absolute atomic E-state index is 0.0634. The van der Waals surface area contributed by atoms with Crippen LogP contribution in [0.5, 0.6) is 0 Å². The molecule has 2 aliphatic rings. The van der Waals surface area contributed by atoms with Gasteiger partial charge in [0.05, 0.1) is 0 Å². The van der Waals surface area contributed by atoms with Crippen molar-refractivity contribution >= 4 is 18.0 Å². The Bertz CT molecular complexity index is 800. The first-order chi connectivity index (χ1) is 14.2. The maximum absolute atomic E-state index is 13.1. The fraction of sp³-hybridized carbons (Fsp3) is 0.522. The van der Waals surface area contributed by atoms with Gasteiger partial charge in [-0.05, 0) is 45.6 Å². The molecule has 1 saturated heterocycles. The summed E-state index contributed by atoms with van der Waals surface area (Å²) < 4.78 is 10.9. The Labute approximate surface area is 177 Å². The first-order valence-electron chi connectivity index (χ1n) is 10.4. The molecule has 2 atom stereocenters. The highest BCUT2D eigenvalue weighted by atomic mass is 16.6. The Balaban J connectivity index is 1.68. The summed E-state index contributed by atoms with van der Waals surface area (Å²) in [6.45, 7) is 5.73. The molecule has 1 aromatic carbocycles. The van der Waals surface area contributed by atoms with Gasteiger partial charge in [0.2, 0.25) is 5.91 Å². The molecule has 0 bridgehead atoms. The number of hydrogen-bond donors (Lipinski definition) is 0. The number of fused-ring (bicyclic) bond motifs is 1. The Morgan fingerprint density at radius 2 is 1.83 bits per heavy atom. The van der Waals surface area contributed by atoms with Gasteiger partial charge in [-0.15, -0.1) is 0 Å². The molecule has 30 heavy (non-hydrogen) atoms. The van der Waals surface area contributed by atoms with Crippen molar-refractivity contribution < 1.29 is 23.9 Å². The normalized spacial score (nSPS) is 22.0. The smallest absolute Gasteiger partial charge is 0.410 e. The standard InChI is InChI=1S/C23H30N2O5/c1-23(2,3)30-21(27)19-13-12-18-11-7-8-14-24(15-20(26)25(18)19)22(28)29-16-17-9-5-4-6-10-17/h4-10,18-19H,11-16H2,1-3H3/t18-,19+/m1/s1. The van der Waals surface area contributed by atoms with E-state index in [9.17, 15) is 14.4 Å². The third-order valence-corrected chi connectivity index (χ3v) is 5.16. The van der Waals surface area contributed by atoms with E-state index < -0.39 is 17.7 Å². The molecular weight excluding hydrogens is 384 g/mol. The van der Waals surface area contributed by atoms with Crippen LogP contribution in [-0.4, -0.2) is 58.5 Å². The molecule has 0 aromatic heterocycles. The monoisotopic (exact) mass is 414 g/mol. The second kappa shape index (κ2) is 9.32. The zero-order valence-corrected chi connectivity index (χ0v) is 17.9. The number of esters is 1. The molecule has 2 heterocycles. The van der Waals surface area contributed by atoms with Crippen molar-refractivity contribution in [3.8, 4) is 0 Å². The van der Waals surface area contributed by atoms with E-state index in [4.69, 9.17) is 9.47 Å². The molecule has 0 saturated carbocycles. The van der Waals surface area contributed by atoms with Crippen molar-refractivity contribution in [2.45, 2.75) is 64.3 Å². The SMILES string of the molecule is CC(C)(C)OC(=O)[C@@H]1CC[C@H]2CC=CCN(C(=O)OCc3ccccc3)CC(=O)N21. The van der Waals surface area contributed by atoms with E-state index in [1.807, 2.05) is 63.3 Å². The van der Waals surface area contributed by atoms with Gasteiger partial charge >= 0.3 is 12.1 Å². The van der Waals surface area contributed by atoms with Gasteiger partial charge in [-0.2, -0.15) is 0 Å². The predicted octanol–water partition coefficient (Wildman–Crippen LogP) is 3.29. The van der Waals surface area contributed by atoms with Crippen LogP contribution in [-0.2, 0) is 25.7 Å². The summed E-state index contributed by atoms with van der Waals surface area (Å²) in [6.07, 6.45) is 5.24. The third kappa shape index (κ3) is 5.62. The van der Waals surface area contributed by atoms with Crippen molar-refractivity contribution in [3.05, 3.63) is 48.0 Å². The van der Waals surface area contributed by atoms with E-state index in [2.05, 4.69) is 0 Å². The Kier molecular flexibility index (Phi) is 6.80. The van der Waals surface area contributed by atoms with E-state index in [-0.39, 0.29) is 37.6 Å². The molecule has 1 fully saturated rings. The molecule has 3 rings (SSSR count). The second-order valence-electron chi connectivity index (χ2n) is 8.71. The van der Waals surface area contributed by atoms with Gasteiger partial charge in [0.15, 0.2) is 0 Å². The minimum Gasteiger partial charge on any atom is -0.458 e. The van der Waals surface area contributed by atoms with Gasteiger partial charge in [0, 0.05) is 12.6 Å². The molecule has 1 aromatic rings. The number of benzene rings is 1. The lowest BCUT2D eigenvalue weighted by molar-refractivity contribution is -0.164. The van der Waals surface area contributed by atoms with Crippen LogP contribution < -0.4 is 0 Å². The van der Waals surface area contributed by atoms with Gasteiger partial charge in [-0.3, -0.25) is 9.69 Å². The molecule has 0 aliphatic carbocycles. The van der Waals surface area contributed by atoms with Gasteiger partial charge in [-0.1, -0.05) is 42.5 Å². The van der Waals surface area contributed by atoms with E-state index in [1.165, 1.54) is 4.90 Å². The van der Waals surface area contributed by atoms with Crippen LogP contribution in [0.15, 0.2) is 42.5 Å². The summed E-state index contributed by atoms with van der Waals surface area (Å²) in [7, 11) is 0. The molecule has 0 radical (unpaired) electrons. The maximum Gasteiger partial charge on any atom is 0.410 e. The molecule has 0 unspecified atom stereocenters. The summed E-state index contributed by atoms with van der Waals surface area (Å²) in [5, 5.41) is 0. The highest BCUT2D eigenvalue weighted by Gasteiger charge is 2.43. The fourth-order valence-electron chi connectivity index (χ4n) is 3.81. The quantitative estimate of drug-likeness (QED) is 0.560. The summed E-state index contributed by atoms with van der Waals surface area (Å²) in [5.74, 6) is -0.645. The lowest BCUT2D eigenvalue weighted by atomic mass is 10.1. The average Bonchev–Trinajstić information content (AvgIpc) is 3.13. The van der Waals surface area contributed by atoms with E-state index in [0.717, 1.165) is 12.0 Å². The molecule has 7 nitrogen and oxygen atoms in total. The second-order valence-corrected chi connectivity index (χ2v) is 8.71. The lowest BCUT2D eigenvalue weighted by Crippen LogP contribution is -2.50. The fourth-order valence-corrected chi connectivity index (χ4v) is 3.81. The summed E-state index contributed by atoms with van der Waals surface area (Å²) in [4.78, 5) is 41.4. The number of ether oxygens (including phenoxy) is 2. The molecule has 0 N–H and O–H groups in total. The predicted molar refractivity (Wildman–Crippen MR) is 111 cm³/mol. The van der Waals surface area contributed by atoms with Crippen LogP contribution in [0.25, 0.3) is 0 Å². The van der Waals surface area contributed by atoms with Crippen LogP contribution in [0.4, 0.5) is 4.79 Å². The van der Waals surface area contributed by atoms with Gasteiger partial charge in [-0.25, -0.2) is 9.59 Å². The van der Waals surface area contributed by atoms with E-state index in [1.54, 1.807) is 4.90 Å². The van der Waals surface area contributed by atoms with E-state index >= 15 is 0 Å². The van der Waals surface area contributed by atoms with Crippen LogP contribution in [0.1, 0.15) is 45.6 Å². The van der Waals surface area contributed by atoms with Crippen molar-refractivity contribution in [2.75, 3.05) is 13.1 Å². The summed E-state index contributed by atoms with van der Waals surface area (Å²) in [5.41, 5.74) is 0.256. The zero-order chi connectivity index (χ0) is 21.7. The molecule has 0 spiro atoms. The molecule has 2 aliphatic heterocycles. The highest BCUT2D eigenvalue weighted by Crippen LogP contribution is 2.29. The first-order valence-corrected chi connectivity index (χ1v) is 10.4. The Morgan fingerprint density at radius 3 is 2.53 bits per heavy atom. The zero-order valence-electron chi connectivity index (χ0n) is 17.9. The number of amides is 2. The number of carbonyl (C=O) groups is 3. The van der Waals surface area contributed by atoms with Gasteiger partial charge in [0.25, 0.3) is 0 Å². The Hall–Kier alpha value is -2.83. The van der Waals surface area contributed by atoms with Gasteiger partial charge in [0.1, 0.15) is 24.8 Å². The van der Waals surface area contributed by atoms with Gasteiger partial charge < -0.3 is 14.4 Å². The van der Waals surface area contributed by atoms with Crippen molar-refractivity contribution in [1.82, 2.24) is 9.80 Å². The number of carbonyl (C=O) groups excluding carboxylic acids is 3. The van der Waals surface area contributed by atoms with Crippen LogP contribution in [0, 0.1) is 0 Å². The largest absolute Gasteiger partial charge is 0.458 e.